The Labute approximate surface area is 82.9 Å². The van der Waals surface area contributed by atoms with Gasteiger partial charge in [0.05, 0.1) is 13.2 Å². The fourth-order valence-corrected chi connectivity index (χ4v) is 1.54. The van der Waals surface area contributed by atoms with E-state index in [9.17, 15) is 4.79 Å². The average Bonchev–Trinajstić information content (AvgIpc) is 2.92. The highest BCUT2D eigenvalue weighted by molar-refractivity contribution is 6.06. The molecule has 78 valence electrons. The van der Waals surface area contributed by atoms with Crippen LogP contribution in [-0.2, 0) is 9.53 Å². The molecule has 5 nitrogen and oxygen atoms in total. The van der Waals surface area contributed by atoms with Crippen LogP contribution >= 0.6 is 0 Å². The minimum atomic E-state index is -0.0451. The van der Waals surface area contributed by atoms with Gasteiger partial charge < -0.3 is 10.1 Å². The monoisotopic (exact) mass is 197 g/mol. The highest BCUT2D eigenvalue weighted by atomic mass is 16.5. The fraction of sp³-hybridized carbons (Fsp3) is 0.778. The lowest BCUT2D eigenvalue weighted by Gasteiger charge is -2.03. The second-order valence-electron chi connectivity index (χ2n) is 3.67. The summed E-state index contributed by atoms with van der Waals surface area (Å²) < 4.78 is 4.87. The van der Waals surface area contributed by atoms with Gasteiger partial charge in [-0.3, -0.25) is 15.1 Å². The molecular formula is C9H15N3O2. The number of methoxy groups -OCH3 is 1. The topological polar surface area (TPSA) is 62.7 Å². The smallest absolute Gasteiger partial charge is 0.249 e. The van der Waals surface area contributed by atoms with Crippen LogP contribution in [0.4, 0.5) is 0 Å². The van der Waals surface area contributed by atoms with Crippen molar-refractivity contribution in [1.82, 2.24) is 10.6 Å². The van der Waals surface area contributed by atoms with Crippen LogP contribution in [0.2, 0.25) is 0 Å². The molecule has 1 atom stereocenters. The number of ether oxygens (including phenoxy) is 1. The second-order valence-corrected chi connectivity index (χ2v) is 3.67. The molecule has 2 N–H and O–H groups in total. The zero-order valence-corrected chi connectivity index (χ0v) is 8.25. The van der Waals surface area contributed by atoms with Gasteiger partial charge in [0.2, 0.25) is 5.91 Å². The maximum absolute atomic E-state index is 11.4. The van der Waals surface area contributed by atoms with E-state index in [0.717, 1.165) is 12.8 Å². The van der Waals surface area contributed by atoms with E-state index < -0.39 is 0 Å². The molecule has 1 saturated heterocycles. The van der Waals surface area contributed by atoms with Crippen molar-refractivity contribution in [3.8, 4) is 0 Å². The minimum absolute atomic E-state index is 0.0451. The van der Waals surface area contributed by atoms with Crippen LogP contribution < -0.4 is 10.6 Å². The Morgan fingerprint density at radius 1 is 1.57 bits per heavy atom. The van der Waals surface area contributed by atoms with Crippen LogP contribution in [0.15, 0.2) is 4.99 Å². The summed E-state index contributed by atoms with van der Waals surface area (Å²) in [6, 6.07) is -0.0451. The molecule has 1 aliphatic carbocycles. The van der Waals surface area contributed by atoms with E-state index in [2.05, 4.69) is 15.6 Å². The molecule has 1 aliphatic heterocycles. The summed E-state index contributed by atoms with van der Waals surface area (Å²) in [5, 5.41) is 5.82. The van der Waals surface area contributed by atoms with Gasteiger partial charge in [-0.1, -0.05) is 0 Å². The first-order valence-corrected chi connectivity index (χ1v) is 4.92. The van der Waals surface area contributed by atoms with Gasteiger partial charge in [0.1, 0.15) is 6.04 Å². The summed E-state index contributed by atoms with van der Waals surface area (Å²) in [5.74, 6) is 1.18. The standard InChI is InChI=1S/C9H15N3O2/c1-14-5-4-10-9-11-7(6-2-3-6)8(13)12-9/h6-7H,2-5H2,1H3,(H2,10,11,12,13). The first kappa shape index (κ1) is 9.45. The molecule has 1 saturated carbocycles. The number of hydrogen-bond acceptors (Lipinski definition) is 3. The van der Waals surface area contributed by atoms with Crippen molar-refractivity contribution in [2.75, 3.05) is 20.3 Å². The van der Waals surface area contributed by atoms with Crippen molar-refractivity contribution in [3.63, 3.8) is 0 Å². The predicted octanol–water partition coefficient (Wildman–Crippen LogP) is -0.513. The third kappa shape index (κ3) is 2.04. The fourth-order valence-electron chi connectivity index (χ4n) is 1.54. The van der Waals surface area contributed by atoms with E-state index >= 15 is 0 Å². The molecule has 2 aliphatic rings. The lowest BCUT2D eigenvalue weighted by Crippen LogP contribution is -2.31. The van der Waals surface area contributed by atoms with E-state index in [4.69, 9.17) is 4.74 Å². The number of hydrogen-bond donors (Lipinski definition) is 2. The van der Waals surface area contributed by atoms with Crippen LogP contribution in [0.3, 0.4) is 0 Å². The molecule has 14 heavy (non-hydrogen) atoms. The van der Waals surface area contributed by atoms with Crippen LogP contribution in [0.5, 0.6) is 0 Å². The lowest BCUT2D eigenvalue weighted by atomic mass is 10.2. The quantitative estimate of drug-likeness (QED) is 0.596. The van der Waals surface area contributed by atoms with E-state index in [-0.39, 0.29) is 11.9 Å². The highest BCUT2D eigenvalue weighted by Gasteiger charge is 2.40. The molecule has 1 heterocycles. The Kier molecular flexibility index (Phi) is 2.67. The van der Waals surface area contributed by atoms with Gasteiger partial charge >= 0.3 is 0 Å². The molecular weight excluding hydrogens is 182 g/mol. The molecule has 1 unspecified atom stereocenters. The number of carbonyl (C=O) groups is 1. The van der Waals surface area contributed by atoms with Gasteiger partial charge in [-0.2, -0.15) is 0 Å². The Bertz CT molecular complexity index is 261. The van der Waals surface area contributed by atoms with Gasteiger partial charge in [0.15, 0.2) is 5.96 Å². The van der Waals surface area contributed by atoms with Crippen molar-refractivity contribution in [2.24, 2.45) is 10.9 Å². The van der Waals surface area contributed by atoms with Gasteiger partial charge in [-0.25, -0.2) is 0 Å². The molecule has 2 rings (SSSR count). The van der Waals surface area contributed by atoms with Crippen molar-refractivity contribution >= 4 is 11.9 Å². The molecule has 0 aromatic carbocycles. The van der Waals surface area contributed by atoms with Crippen LogP contribution in [0.1, 0.15) is 12.8 Å². The first-order valence-electron chi connectivity index (χ1n) is 4.92. The van der Waals surface area contributed by atoms with Crippen molar-refractivity contribution in [1.29, 1.82) is 0 Å². The molecule has 0 bridgehead atoms. The van der Waals surface area contributed by atoms with E-state index in [1.807, 2.05) is 0 Å². The molecule has 1 amide bonds. The summed E-state index contributed by atoms with van der Waals surface area (Å²) in [6.07, 6.45) is 2.30. The first-order chi connectivity index (χ1) is 6.81. The van der Waals surface area contributed by atoms with E-state index in [0.29, 0.717) is 25.0 Å². The van der Waals surface area contributed by atoms with Crippen molar-refractivity contribution < 1.29 is 9.53 Å². The van der Waals surface area contributed by atoms with Crippen LogP contribution in [0.25, 0.3) is 0 Å². The summed E-state index contributed by atoms with van der Waals surface area (Å²) >= 11 is 0. The number of rotatable bonds is 4. The van der Waals surface area contributed by atoms with Gasteiger partial charge in [0.25, 0.3) is 0 Å². The SMILES string of the molecule is COCCN=C1NC(=O)C(C2CC2)N1. The predicted molar refractivity (Wildman–Crippen MR) is 52.0 cm³/mol. The van der Waals surface area contributed by atoms with Crippen LogP contribution in [-0.4, -0.2) is 38.2 Å². The van der Waals surface area contributed by atoms with E-state index in [1.54, 1.807) is 7.11 Å². The third-order valence-corrected chi connectivity index (χ3v) is 2.48. The number of aliphatic imine (C=N–C) groups is 1. The number of nitrogens with zero attached hydrogens (tertiary/aromatic N) is 1. The summed E-state index contributed by atoms with van der Waals surface area (Å²) in [5.41, 5.74) is 0. The Morgan fingerprint density at radius 2 is 2.36 bits per heavy atom. The third-order valence-electron chi connectivity index (χ3n) is 2.48. The summed E-state index contributed by atoms with van der Waals surface area (Å²) in [4.78, 5) is 15.6. The molecule has 5 heteroatoms. The number of amides is 1. The zero-order valence-electron chi connectivity index (χ0n) is 8.25. The Balaban J connectivity index is 1.85. The second kappa shape index (κ2) is 3.96. The molecule has 0 aromatic heterocycles. The largest absolute Gasteiger partial charge is 0.383 e. The van der Waals surface area contributed by atoms with Gasteiger partial charge in [0, 0.05) is 7.11 Å². The molecule has 2 fully saturated rings. The molecule has 0 aromatic rings. The normalized spacial score (nSPS) is 29.1. The van der Waals surface area contributed by atoms with Gasteiger partial charge in [-0.15, -0.1) is 0 Å². The molecule has 0 radical (unpaired) electrons. The van der Waals surface area contributed by atoms with Crippen LogP contribution in [0, 0.1) is 5.92 Å². The number of guanidine groups is 1. The maximum atomic E-state index is 11.4. The average molecular weight is 197 g/mol. The van der Waals surface area contributed by atoms with Crippen molar-refractivity contribution in [3.05, 3.63) is 0 Å². The highest BCUT2D eigenvalue weighted by Crippen LogP contribution is 2.33. The van der Waals surface area contributed by atoms with Crippen molar-refractivity contribution in [2.45, 2.75) is 18.9 Å². The Morgan fingerprint density at radius 3 is 3.00 bits per heavy atom. The van der Waals surface area contributed by atoms with E-state index in [1.165, 1.54) is 0 Å². The maximum Gasteiger partial charge on any atom is 0.249 e. The minimum Gasteiger partial charge on any atom is -0.383 e. The molecule has 0 spiro atoms. The zero-order chi connectivity index (χ0) is 9.97. The Hall–Kier alpha value is -1.10. The summed E-state index contributed by atoms with van der Waals surface area (Å²) in [7, 11) is 1.63. The summed E-state index contributed by atoms with van der Waals surface area (Å²) in [6.45, 7) is 1.16. The number of carbonyl (C=O) groups excluding carboxylic acids is 1. The number of nitrogens with one attached hydrogen (secondary N) is 2. The van der Waals surface area contributed by atoms with Gasteiger partial charge in [-0.05, 0) is 18.8 Å². The lowest BCUT2D eigenvalue weighted by molar-refractivity contribution is -0.120.